The van der Waals surface area contributed by atoms with E-state index in [2.05, 4.69) is 10.3 Å². The predicted octanol–water partition coefficient (Wildman–Crippen LogP) is 1.90. The van der Waals surface area contributed by atoms with Crippen LogP contribution in [0.1, 0.15) is 41.7 Å². The standard InChI is InChI=1S/C13H17N3O2S/c1-7-8(2)19-12-14-6-9(11(18)16(7)12)10(17)15-13(3,4)5/h6H,1-5H3,(H,15,17). The average Bonchev–Trinajstić information content (AvgIpc) is 2.53. The molecule has 5 nitrogen and oxygen atoms in total. The first kappa shape index (κ1) is 13.7. The van der Waals surface area contributed by atoms with Crippen molar-refractivity contribution in [2.24, 2.45) is 0 Å². The van der Waals surface area contributed by atoms with Crippen LogP contribution in [0.25, 0.3) is 4.96 Å². The van der Waals surface area contributed by atoms with Crippen LogP contribution in [0.2, 0.25) is 0 Å². The first-order valence-electron chi connectivity index (χ1n) is 6.01. The molecule has 1 N–H and O–H groups in total. The SMILES string of the molecule is Cc1sc2ncc(C(=O)NC(C)(C)C)c(=O)n2c1C. The number of nitrogens with zero attached hydrogens (tertiary/aromatic N) is 2. The molecule has 2 rings (SSSR count). The molecule has 0 bridgehead atoms. The highest BCUT2D eigenvalue weighted by Crippen LogP contribution is 2.18. The average molecular weight is 279 g/mol. The van der Waals surface area contributed by atoms with Crippen molar-refractivity contribution >= 4 is 22.2 Å². The largest absolute Gasteiger partial charge is 0.347 e. The van der Waals surface area contributed by atoms with Crippen LogP contribution in [0.5, 0.6) is 0 Å². The lowest BCUT2D eigenvalue weighted by molar-refractivity contribution is 0.0917. The molecule has 19 heavy (non-hydrogen) atoms. The molecule has 0 aromatic carbocycles. The lowest BCUT2D eigenvalue weighted by atomic mass is 10.1. The fourth-order valence-electron chi connectivity index (χ4n) is 1.74. The highest BCUT2D eigenvalue weighted by atomic mass is 32.1. The molecular formula is C13H17N3O2S. The summed E-state index contributed by atoms with van der Waals surface area (Å²) in [7, 11) is 0. The number of aromatic nitrogens is 2. The maximum Gasteiger partial charge on any atom is 0.271 e. The number of fused-ring (bicyclic) bond motifs is 1. The second-order valence-corrected chi connectivity index (χ2v) is 6.72. The first-order chi connectivity index (χ1) is 8.70. The van der Waals surface area contributed by atoms with Crippen molar-refractivity contribution in [2.45, 2.75) is 40.2 Å². The summed E-state index contributed by atoms with van der Waals surface area (Å²) in [6.45, 7) is 9.40. The molecule has 0 aliphatic carbocycles. The van der Waals surface area contributed by atoms with E-state index < -0.39 is 0 Å². The molecule has 0 saturated carbocycles. The van der Waals surface area contributed by atoms with E-state index in [1.807, 2.05) is 34.6 Å². The summed E-state index contributed by atoms with van der Waals surface area (Å²) < 4.78 is 1.50. The van der Waals surface area contributed by atoms with E-state index in [9.17, 15) is 9.59 Å². The lowest BCUT2D eigenvalue weighted by Crippen LogP contribution is -2.43. The fourth-order valence-corrected chi connectivity index (χ4v) is 2.67. The van der Waals surface area contributed by atoms with Gasteiger partial charge in [-0.25, -0.2) is 4.98 Å². The Morgan fingerprint density at radius 1 is 1.37 bits per heavy atom. The molecule has 0 unspecified atom stereocenters. The van der Waals surface area contributed by atoms with Gasteiger partial charge in [-0.1, -0.05) is 0 Å². The summed E-state index contributed by atoms with van der Waals surface area (Å²) in [5, 5.41) is 2.78. The third-order valence-electron chi connectivity index (χ3n) is 2.75. The summed E-state index contributed by atoms with van der Waals surface area (Å²) in [6.07, 6.45) is 1.36. The van der Waals surface area contributed by atoms with Crippen LogP contribution in [0, 0.1) is 13.8 Å². The molecule has 0 aliphatic rings. The summed E-state index contributed by atoms with van der Waals surface area (Å²) in [5.41, 5.74) is 0.216. The molecule has 0 saturated heterocycles. The van der Waals surface area contributed by atoms with Gasteiger partial charge in [-0.15, -0.1) is 11.3 Å². The predicted molar refractivity (Wildman–Crippen MR) is 76.0 cm³/mol. The molecule has 0 aliphatic heterocycles. The van der Waals surface area contributed by atoms with E-state index in [0.717, 1.165) is 10.6 Å². The zero-order chi connectivity index (χ0) is 14.4. The van der Waals surface area contributed by atoms with Gasteiger partial charge in [-0.3, -0.25) is 14.0 Å². The van der Waals surface area contributed by atoms with E-state index in [1.165, 1.54) is 21.9 Å². The zero-order valence-corrected chi connectivity index (χ0v) is 12.5. The normalized spacial score (nSPS) is 11.8. The Morgan fingerprint density at radius 2 is 2.00 bits per heavy atom. The molecule has 2 heterocycles. The van der Waals surface area contributed by atoms with Gasteiger partial charge < -0.3 is 5.32 Å². The van der Waals surface area contributed by atoms with Gasteiger partial charge in [0.15, 0.2) is 4.96 Å². The highest BCUT2D eigenvalue weighted by Gasteiger charge is 2.20. The minimum absolute atomic E-state index is 0.0772. The minimum atomic E-state index is -0.386. The summed E-state index contributed by atoms with van der Waals surface area (Å²) >= 11 is 1.45. The Kier molecular flexibility index (Phi) is 3.22. The molecule has 2 aromatic heterocycles. The Bertz CT molecular complexity index is 707. The minimum Gasteiger partial charge on any atom is -0.347 e. The van der Waals surface area contributed by atoms with Crippen molar-refractivity contribution in [1.82, 2.24) is 14.7 Å². The lowest BCUT2D eigenvalue weighted by Gasteiger charge is -2.20. The van der Waals surface area contributed by atoms with Crippen LogP contribution in [0.4, 0.5) is 0 Å². The number of thiazole rings is 1. The Labute approximate surface area is 115 Å². The first-order valence-corrected chi connectivity index (χ1v) is 6.82. The monoisotopic (exact) mass is 279 g/mol. The van der Waals surface area contributed by atoms with Crippen LogP contribution in [0.3, 0.4) is 0 Å². The molecular weight excluding hydrogens is 262 g/mol. The van der Waals surface area contributed by atoms with Gasteiger partial charge in [-0.2, -0.15) is 0 Å². The molecule has 0 fully saturated rings. The van der Waals surface area contributed by atoms with E-state index in [1.54, 1.807) is 0 Å². The van der Waals surface area contributed by atoms with Gasteiger partial charge in [0.25, 0.3) is 11.5 Å². The number of rotatable bonds is 1. The number of hydrogen-bond acceptors (Lipinski definition) is 4. The van der Waals surface area contributed by atoms with Crippen molar-refractivity contribution in [3.63, 3.8) is 0 Å². The third-order valence-corrected chi connectivity index (χ3v) is 3.82. The number of hydrogen-bond donors (Lipinski definition) is 1. The van der Waals surface area contributed by atoms with Crippen LogP contribution in [-0.2, 0) is 0 Å². The summed E-state index contributed by atoms with van der Waals surface area (Å²) in [6, 6.07) is 0. The van der Waals surface area contributed by atoms with Gasteiger partial charge in [0.2, 0.25) is 0 Å². The van der Waals surface area contributed by atoms with Crippen molar-refractivity contribution in [1.29, 1.82) is 0 Å². The van der Waals surface area contributed by atoms with E-state index in [0.29, 0.717) is 4.96 Å². The number of carbonyl (C=O) groups is 1. The van der Waals surface area contributed by atoms with Gasteiger partial charge in [-0.05, 0) is 34.6 Å². The zero-order valence-electron chi connectivity index (χ0n) is 11.7. The van der Waals surface area contributed by atoms with E-state index in [4.69, 9.17) is 0 Å². The quantitative estimate of drug-likeness (QED) is 0.867. The van der Waals surface area contributed by atoms with E-state index >= 15 is 0 Å². The van der Waals surface area contributed by atoms with E-state index in [-0.39, 0.29) is 22.6 Å². The second-order valence-electron chi connectivity index (χ2n) is 5.54. The number of nitrogens with one attached hydrogen (secondary N) is 1. The van der Waals surface area contributed by atoms with Crippen LogP contribution < -0.4 is 10.9 Å². The molecule has 102 valence electrons. The fraction of sp³-hybridized carbons (Fsp3) is 0.462. The topological polar surface area (TPSA) is 63.5 Å². The van der Waals surface area contributed by atoms with Gasteiger partial charge >= 0.3 is 0 Å². The van der Waals surface area contributed by atoms with Gasteiger partial charge in [0.1, 0.15) is 5.56 Å². The molecule has 1 amide bonds. The van der Waals surface area contributed by atoms with Gasteiger partial charge in [0.05, 0.1) is 0 Å². The Hall–Kier alpha value is -1.69. The van der Waals surface area contributed by atoms with Crippen molar-refractivity contribution < 1.29 is 4.79 Å². The van der Waals surface area contributed by atoms with Crippen LogP contribution in [-0.4, -0.2) is 20.8 Å². The summed E-state index contributed by atoms with van der Waals surface area (Å²) in [5.74, 6) is -0.386. The molecule has 0 spiro atoms. The second kappa shape index (κ2) is 4.45. The smallest absolute Gasteiger partial charge is 0.271 e. The van der Waals surface area contributed by atoms with Gasteiger partial charge in [0, 0.05) is 22.3 Å². The molecule has 0 radical (unpaired) electrons. The number of amides is 1. The third kappa shape index (κ3) is 2.53. The molecule has 0 atom stereocenters. The Morgan fingerprint density at radius 3 is 2.58 bits per heavy atom. The molecule has 2 aromatic rings. The highest BCUT2D eigenvalue weighted by molar-refractivity contribution is 7.17. The summed E-state index contributed by atoms with van der Waals surface area (Å²) in [4.78, 5) is 30.3. The maximum absolute atomic E-state index is 12.4. The Balaban J connectivity index is 2.58. The molecule has 6 heteroatoms. The van der Waals surface area contributed by atoms with Crippen LogP contribution >= 0.6 is 11.3 Å². The van der Waals surface area contributed by atoms with Crippen molar-refractivity contribution in [3.8, 4) is 0 Å². The maximum atomic E-state index is 12.4. The van der Waals surface area contributed by atoms with Crippen molar-refractivity contribution in [2.75, 3.05) is 0 Å². The number of carbonyl (C=O) groups excluding carboxylic acids is 1. The number of aryl methyl sites for hydroxylation is 2. The van der Waals surface area contributed by atoms with Crippen LogP contribution in [0.15, 0.2) is 11.0 Å². The van der Waals surface area contributed by atoms with Crippen molar-refractivity contribution in [3.05, 3.63) is 32.7 Å².